The highest BCUT2D eigenvalue weighted by Gasteiger charge is 2.28. The molecule has 212 valence electrons. The smallest absolute Gasteiger partial charge is 0.410 e. The number of aryl methyl sites for hydroxylation is 2. The molecule has 0 saturated carbocycles. The van der Waals surface area contributed by atoms with Crippen molar-refractivity contribution in [2.24, 2.45) is 5.16 Å². The van der Waals surface area contributed by atoms with E-state index in [9.17, 15) is 14.4 Å². The van der Waals surface area contributed by atoms with Crippen LogP contribution in [0.5, 0.6) is 0 Å². The highest BCUT2D eigenvalue weighted by molar-refractivity contribution is 6.00. The normalized spacial score (nSPS) is 19.9. The molecule has 3 rings (SSSR count). The number of hydrogen-bond donors (Lipinski definition) is 0. The van der Waals surface area contributed by atoms with Crippen LogP contribution in [-0.4, -0.2) is 78.5 Å². The summed E-state index contributed by atoms with van der Waals surface area (Å²) in [6.07, 6.45) is 10.4. The average molecular weight is 540 g/mol. The van der Waals surface area contributed by atoms with Gasteiger partial charge in [-0.2, -0.15) is 0 Å². The third-order valence-electron chi connectivity index (χ3n) is 6.29. The molecule has 1 saturated heterocycles. The summed E-state index contributed by atoms with van der Waals surface area (Å²) in [5, 5.41) is 4.28. The molecule has 2 aliphatic rings. The summed E-state index contributed by atoms with van der Waals surface area (Å²) in [7, 11) is 0. The van der Waals surface area contributed by atoms with Gasteiger partial charge in [-0.3, -0.25) is 4.79 Å². The van der Waals surface area contributed by atoms with Crippen LogP contribution in [0.1, 0.15) is 67.1 Å². The van der Waals surface area contributed by atoms with Crippen molar-refractivity contribution in [1.82, 2.24) is 9.80 Å². The molecule has 2 aliphatic heterocycles. The third kappa shape index (κ3) is 9.57. The standard InChI is InChI=1S/C30H41N3O6/c1-22-18-23(2)27-24(19-22)20-25(12-10-8-6-7-9-11-17-37-28(27)35)31-38-21-26(34)32-13-15-33(16-14-32)29(36)39-30(3,4)5/h7,9-10,12,18-19H,6,8,11,13-17,20-21H2,1-5H3/b9-7+,12-10+,31-25+. The molecule has 0 radical (unpaired) electrons. The summed E-state index contributed by atoms with van der Waals surface area (Å²) in [6.45, 7) is 11.1. The van der Waals surface area contributed by atoms with Crippen LogP contribution in [0.3, 0.4) is 0 Å². The Labute approximate surface area is 231 Å². The minimum atomic E-state index is -0.563. The largest absolute Gasteiger partial charge is 0.462 e. The van der Waals surface area contributed by atoms with Crippen LogP contribution in [0.4, 0.5) is 4.79 Å². The molecule has 9 nitrogen and oxygen atoms in total. The number of esters is 1. The molecule has 9 heteroatoms. The van der Waals surface area contributed by atoms with E-state index < -0.39 is 5.60 Å². The van der Waals surface area contributed by atoms with Gasteiger partial charge in [0.25, 0.3) is 5.91 Å². The van der Waals surface area contributed by atoms with Crippen molar-refractivity contribution in [2.75, 3.05) is 39.4 Å². The Morgan fingerprint density at radius 1 is 0.974 bits per heavy atom. The molecule has 1 aromatic carbocycles. The van der Waals surface area contributed by atoms with Gasteiger partial charge in [0.15, 0.2) is 6.61 Å². The van der Waals surface area contributed by atoms with Crippen LogP contribution in [0.25, 0.3) is 0 Å². The van der Waals surface area contributed by atoms with Crippen molar-refractivity contribution in [2.45, 2.75) is 65.9 Å². The van der Waals surface area contributed by atoms with Crippen molar-refractivity contribution < 1.29 is 28.7 Å². The van der Waals surface area contributed by atoms with Gasteiger partial charge in [-0.15, -0.1) is 0 Å². The van der Waals surface area contributed by atoms with E-state index in [2.05, 4.69) is 11.2 Å². The van der Waals surface area contributed by atoms with E-state index in [-0.39, 0.29) is 24.6 Å². The number of amides is 2. The first kappa shape index (κ1) is 29.9. The van der Waals surface area contributed by atoms with Gasteiger partial charge in [0.2, 0.25) is 0 Å². The predicted molar refractivity (Wildman–Crippen MR) is 150 cm³/mol. The first-order valence-corrected chi connectivity index (χ1v) is 13.6. The van der Waals surface area contributed by atoms with Gasteiger partial charge in [-0.05, 0) is 71.1 Å². The van der Waals surface area contributed by atoms with Gasteiger partial charge in [0, 0.05) is 32.6 Å². The number of cyclic esters (lactones) is 1. The molecule has 1 fully saturated rings. The zero-order valence-electron chi connectivity index (χ0n) is 23.8. The monoisotopic (exact) mass is 539 g/mol. The number of allylic oxidation sites excluding steroid dienone is 3. The summed E-state index contributed by atoms with van der Waals surface area (Å²) in [5.41, 5.74) is 3.28. The van der Waals surface area contributed by atoms with Crippen molar-refractivity contribution >= 4 is 23.7 Å². The second-order valence-corrected chi connectivity index (χ2v) is 10.9. The van der Waals surface area contributed by atoms with Crippen LogP contribution >= 0.6 is 0 Å². The number of oxime groups is 1. The van der Waals surface area contributed by atoms with E-state index in [0.717, 1.165) is 29.5 Å². The van der Waals surface area contributed by atoms with E-state index in [0.29, 0.717) is 56.9 Å². The second kappa shape index (κ2) is 14.0. The minimum Gasteiger partial charge on any atom is -0.462 e. The van der Waals surface area contributed by atoms with Crippen LogP contribution in [0.2, 0.25) is 0 Å². The van der Waals surface area contributed by atoms with Gasteiger partial charge in [-0.25, -0.2) is 9.59 Å². The van der Waals surface area contributed by atoms with Gasteiger partial charge in [0.1, 0.15) is 5.60 Å². The van der Waals surface area contributed by atoms with Crippen LogP contribution < -0.4 is 0 Å². The summed E-state index contributed by atoms with van der Waals surface area (Å²) in [5.74, 6) is -0.549. The van der Waals surface area contributed by atoms with Crippen molar-refractivity contribution in [3.8, 4) is 0 Å². The Bertz CT molecular complexity index is 1120. The fourth-order valence-corrected chi connectivity index (χ4v) is 4.47. The number of fused-ring (bicyclic) bond motifs is 1. The van der Waals surface area contributed by atoms with E-state index >= 15 is 0 Å². The summed E-state index contributed by atoms with van der Waals surface area (Å²) in [4.78, 5) is 46.7. The molecule has 0 unspecified atom stereocenters. The molecular formula is C30H41N3O6. The maximum atomic E-state index is 12.9. The second-order valence-electron chi connectivity index (χ2n) is 10.9. The van der Waals surface area contributed by atoms with Gasteiger partial charge < -0.3 is 24.1 Å². The fourth-order valence-electron chi connectivity index (χ4n) is 4.47. The number of ether oxygens (including phenoxy) is 2. The first-order chi connectivity index (χ1) is 18.5. The van der Waals surface area contributed by atoms with Crippen LogP contribution in [0, 0.1) is 13.8 Å². The zero-order chi connectivity index (χ0) is 28.4. The van der Waals surface area contributed by atoms with E-state index in [4.69, 9.17) is 14.3 Å². The average Bonchev–Trinajstić information content (AvgIpc) is 2.85. The summed E-state index contributed by atoms with van der Waals surface area (Å²) >= 11 is 0. The lowest BCUT2D eigenvalue weighted by atomic mass is 9.95. The number of benzene rings is 1. The Morgan fingerprint density at radius 2 is 1.64 bits per heavy atom. The van der Waals surface area contributed by atoms with Gasteiger partial charge in [-0.1, -0.05) is 41.1 Å². The van der Waals surface area contributed by atoms with E-state index in [1.54, 1.807) is 9.80 Å². The van der Waals surface area contributed by atoms with E-state index in [1.807, 2.05) is 65.0 Å². The topological polar surface area (TPSA) is 97.7 Å². The highest BCUT2D eigenvalue weighted by Crippen LogP contribution is 2.20. The fraction of sp³-hybridized carbons (Fsp3) is 0.533. The number of rotatable bonds is 3. The van der Waals surface area contributed by atoms with Crippen molar-refractivity contribution in [3.63, 3.8) is 0 Å². The Morgan fingerprint density at radius 3 is 2.36 bits per heavy atom. The summed E-state index contributed by atoms with van der Waals surface area (Å²) in [6, 6.07) is 3.93. The SMILES string of the molecule is Cc1cc(C)c2c(c1)CC(=N/OCC(=O)N1CCN(C(=O)OC(C)(C)C)CC1)/C=C/CC/C=C/CCOC2=O. The molecule has 0 aliphatic carbocycles. The lowest BCUT2D eigenvalue weighted by Crippen LogP contribution is -2.52. The lowest BCUT2D eigenvalue weighted by Gasteiger charge is -2.35. The molecule has 1 aromatic rings. The maximum absolute atomic E-state index is 12.9. The Hall–Kier alpha value is -3.62. The number of carbonyl (C=O) groups excluding carboxylic acids is 3. The molecule has 0 bridgehead atoms. The molecule has 0 spiro atoms. The molecular weight excluding hydrogens is 498 g/mol. The Balaban J connectivity index is 1.67. The van der Waals surface area contributed by atoms with Gasteiger partial charge in [0.05, 0.1) is 17.9 Å². The zero-order valence-corrected chi connectivity index (χ0v) is 23.8. The highest BCUT2D eigenvalue weighted by atomic mass is 16.6. The first-order valence-electron chi connectivity index (χ1n) is 13.6. The molecule has 39 heavy (non-hydrogen) atoms. The van der Waals surface area contributed by atoms with Crippen molar-refractivity contribution in [1.29, 1.82) is 0 Å². The number of nitrogens with zero attached hydrogens (tertiary/aromatic N) is 3. The minimum absolute atomic E-state index is 0.200. The quantitative estimate of drug-likeness (QED) is 0.312. The maximum Gasteiger partial charge on any atom is 0.410 e. The van der Waals surface area contributed by atoms with Crippen molar-refractivity contribution in [3.05, 3.63) is 58.7 Å². The lowest BCUT2D eigenvalue weighted by molar-refractivity contribution is -0.137. The molecule has 2 heterocycles. The Kier molecular flexibility index (Phi) is 10.7. The number of hydrogen-bond acceptors (Lipinski definition) is 7. The molecule has 0 atom stereocenters. The van der Waals surface area contributed by atoms with E-state index in [1.165, 1.54) is 0 Å². The van der Waals surface area contributed by atoms with Crippen LogP contribution in [0.15, 0.2) is 41.6 Å². The summed E-state index contributed by atoms with van der Waals surface area (Å²) < 4.78 is 11.0. The van der Waals surface area contributed by atoms with Crippen LogP contribution in [-0.2, 0) is 25.5 Å². The molecule has 0 N–H and O–H groups in total. The molecule has 2 amide bonds. The third-order valence-corrected chi connectivity index (χ3v) is 6.29. The molecule has 0 aromatic heterocycles. The number of carbonyl (C=O) groups is 3. The van der Waals surface area contributed by atoms with Gasteiger partial charge >= 0.3 is 12.1 Å². The predicted octanol–water partition coefficient (Wildman–Crippen LogP) is 4.75. The number of piperazine rings is 1.